The largest absolute Gasteiger partial charge is 0.468 e. The molecule has 5 nitrogen and oxygen atoms in total. The Labute approximate surface area is 160 Å². The van der Waals surface area contributed by atoms with Crippen LogP contribution in [0.25, 0.3) is 0 Å². The molecular formula is C21H29FN4O. The van der Waals surface area contributed by atoms with Crippen molar-refractivity contribution in [3.05, 3.63) is 59.8 Å². The lowest BCUT2D eigenvalue weighted by molar-refractivity contribution is 0.258. The molecule has 1 aliphatic rings. The summed E-state index contributed by atoms with van der Waals surface area (Å²) in [5, 5.41) is 6.68. The number of furan rings is 1. The van der Waals surface area contributed by atoms with E-state index in [4.69, 9.17) is 9.41 Å². The molecule has 1 unspecified atom stereocenters. The fraction of sp³-hybridized carbons (Fsp3) is 0.476. The van der Waals surface area contributed by atoms with Crippen molar-refractivity contribution >= 4 is 5.96 Å². The van der Waals surface area contributed by atoms with Crippen LogP contribution in [0.2, 0.25) is 0 Å². The zero-order valence-corrected chi connectivity index (χ0v) is 16.3. The molecule has 0 bridgehead atoms. The Hall–Kier alpha value is -2.34. The lowest BCUT2D eigenvalue weighted by atomic mass is 9.95. The standard InChI is InChI=1S/C21H29FN4O/c1-4-23-20(24-14-18(26(2)3)19-10-7-13-27-19)25-15-21(11-12-21)16-8-5-6-9-17(16)22/h5-10,13,18H,4,11-12,14-15H2,1-3H3,(H2,23,24,25). The highest BCUT2D eigenvalue weighted by molar-refractivity contribution is 5.79. The van der Waals surface area contributed by atoms with E-state index >= 15 is 0 Å². The molecule has 1 atom stereocenters. The minimum Gasteiger partial charge on any atom is -0.468 e. The highest BCUT2D eigenvalue weighted by atomic mass is 19.1. The molecule has 1 aliphatic carbocycles. The maximum atomic E-state index is 14.2. The number of halogens is 1. The molecule has 0 saturated heterocycles. The van der Waals surface area contributed by atoms with Crippen molar-refractivity contribution in [1.29, 1.82) is 0 Å². The lowest BCUT2D eigenvalue weighted by Crippen LogP contribution is -2.42. The van der Waals surface area contributed by atoms with Crippen molar-refractivity contribution in [1.82, 2.24) is 15.5 Å². The van der Waals surface area contributed by atoms with Crippen LogP contribution in [0, 0.1) is 5.82 Å². The average molecular weight is 372 g/mol. The van der Waals surface area contributed by atoms with E-state index in [1.807, 2.05) is 45.3 Å². The van der Waals surface area contributed by atoms with Crippen LogP contribution in [0.4, 0.5) is 4.39 Å². The van der Waals surface area contributed by atoms with Crippen molar-refractivity contribution in [3.8, 4) is 0 Å². The number of guanidine groups is 1. The fourth-order valence-electron chi connectivity index (χ4n) is 3.34. The third-order valence-corrected chi connectivity index (χ3v) is 5.14. The summed E-state index contributed by atoms with van der Waals surface area (Å²) in [5.74, 6) is 1.53. The van der Waals surface area contributed by atoms with Crippen LogP contribution in [0.3, 0.4) is 0 Å². The SMILES string of the molecule is CCNC(=NCC1(c2ccccc2F)CC1)NCC(c1ccco1)N(C)C. The Morgan fingerprint density at radius 3 is 2.59 bits per heavy atom. The van der Waals surface area contributed by atoms with Crippen LogP contribution in [-0.4, -0.2) is 44.6 Å². The zero-order valence-electron chi connectivity index (χ0n) is 16.3. The van der Waals surface area contributed by atoms with Crippen LogP contribution in [-0.2, 0) is 5.41 Å². The van der Waals surface area contributed by atoms with E-state index in [1.54, 1.807) is 12.3 Å². The van der Waals surface area contributed by atoms with Gasteiger partial charge >= 0.3 is 0 Å². The second-order valence-electron chi connectivity index (χ2n) is 7.33. The second-order valence-corrected chi connectivity index (χ2v) is 7.33. The van der Waals surface area contributed by atoms with E-state index in [9.17, 15) is 4.39 Å². The molecular weight excluding hydrogens is 343 g/mol. The first-order chi connectivity index (χ1) is 13.1. The highest BCUT2D eigenvalue weighted by Gasteiger charge is 2.45. The molecule has 1 heterocycles. The lowest BCUT2D eigenvalue weighted by Gasteiger charge is -2.24. The average Bonchev–Trinajstić information content (AvgIpc) is 3.24. The van der Waals surface area contributed by atoms with Gasteiger partial charge < -0.3 is 15.1 Å². The highest BCUT2D eigenvalue weighted by Crippen LogP contribution is 2.49. The number of rotatable bonds is 8. The molecule has 1 saturated carbocycles. The van der Waals surface area contributed by atoms with Crippen LogP contribution in [0.5, 0.6) is 0 Å². The maximum Gasteiger partial charge on any atom is 0.191 e. The minimum absolute atomic E-state index is 0.102. The predicted molar refractivity (Wildman–Crippen MR) is 106 cm³/mol. The summed E-state index contributed by atoms with van der Waals surface area (Å²) < 4.78 is 19.8. The number of nitrogens with zero attached hydrogens (tertiary/aromatic N) is 2. The molecule has 6 heteroatoms. The van der Waals surface area contributed by atoms with Gasteiger partial charge in [0.1, 0.15) is 11.6 Å². The van der Waals surface area contributed by atoms with Crippen LogP contribution in [0.15, 0.2) is 52.1 Å². The molecule has 146 valence electrons. The van der Waals surface area contributed by atoms with Gasteiger partial charge in [-0.3, -0.25) is 9.89 Å². The maximum absolute atomic E-state index is 14.2. The van der Waals surface area contributed by atoms with Gasteiger partial charge in [0.05, 0.1) is 18.8 Å². The Balaban J connectivity index is 1.67. The quantitative estimate of drug-likeness (QED) is 0.551. The smallest absolute Gasteiger partial charge is 0.191 e. The Kier molecular flexibility index (Phi) is 6.16. The van der Waals surface area contributed by atoms with E-state index < -0.39 is 0 Å². The molecule has 0 spiro atoms. The van der Waals surface area contributed by atoms with Gasteiger partial charge in [0, 0.05) is 18.5 Å². The van der Waals surface area contributed by atoms with Gasteiger partial charge in [-0.25, -0.2) is 4.39 Å². The van der Waals surface area contributed by atoms with Crippen molar-refractivity contribution < 1.29 is 8.81 Å². The third kappa shape index (κ3) is 4.69. The number of likely N-dealkylation sites (N-methyl/N-ethyl adjacent to an activating group) is 1. The van der Waals surface area contributed by atoms with Gasteiger partial charge in [-0.2, -0.15) is 0 Å². The second kappa shape index (κ2) is 8.57. The molecule has 1 aromatic heterocycles. The number of hydrogen-bond acceptors (Lipinski definition) is 3. The van der Waals surface area contributed by atoms with Crippen molar-refractivity contribution in [3.63, 3.8) is 0 Å². The van der Waals surface area contributed by atoms with Crippen molar-refractivity contribution in [2.45, 2.75) is 31.2 Å². The molecule has 0 aliphatic heterocycles. The Morgan fingerprint density at radius 2 is 2.00 bits per heavy atom. The first-order valence-electron chi connectivity index (χ1n) is 9.53. The van der Waals surface area contributed by atoms with Gasteiger partial charge in [0.15, 0.2) is 5.96 Å². The topological polar surface area (TPSA) is 52.8 Å². The molecule has 1 fully saturated rings. The molecule has 27 heavy (non-hydrogen) atoms. The Bertz CT molecular complexity index is 753. The normalized spacial score (nSPS) is 17.0. The van der Waals surface area contributed by atoms with Crippen LogP contribution >= 0.6 is 0 Å². The minimum atomic E-state index is -0.157. The summed E-state index contributed by atoms with van der Waals surface area (Å²) in [6.07, 6.45) is 3.64. The van der Waals surface area contributed by atoms with Gasteiger partial charge in [-0.1, -0.05) is 18.2 Å². The number of hydrogen-bond donors (Lipinski definition) is 2. The fourth-order valence-corrected chi connectivity index (χ4v) is 3.34. The van der Waals surface area contributed by atoms with E-state index in [1.165, 1.54) is 6.07 Å². The monoisotopic (exact) mass is 372 g/mol. The Morgan fingerprint density at radius 1 is 1.22 bits per heavy atom. The zero-order chi connectivity index (χ0) is 19.3. The molecule has 0 amide bonds. The third-order valence-electron chi connectivity index (χ3n) is 5.14. The molecule has 3 rings (SSSR count). The van der Waals surface area contributed by atoms with Gasteiger partial charge in [0.2, 0.25) is 0 Å². The molecule has 0 radical (unpaired) electrons. The number of aliphatic imine (C=N–C) groups is 1. The van der Waals surface area contributed by atoms with E-state index in [0.29, 0.717) is 13.1 Å². The van der Waals surface area contributed by atoms with Gasteiger partial charge in [-0.15, -0.1) is 0 Å². The van der Waals surface area contributed by atoms with Crippen molar-refractivity contribution in [2.24, 2.45) is 4.99 Å². The predicted octanol–water partition coefficient (Wildman–Crippen LogP) is 3.31. The summed E-state index contributed by atoms with van der Waals surface area (Å²) >= 11 is 0. The molecule has 2 aromatic rings. The first-order valence-corrected chi connectivity index (χ1v) is 9.53. The van der Waals surface area contributed by atoms with E-state index in [-0.39, 0.29) is 17.3 Å². The van der Waals surface area contributed by atoms with Crippen molar-refractivity contribution in [2.75, 3.05) is 33.7 Å². The van der Waals surface area contributed by atoms with Gasteiger partial charge in [-0.05, 0) is 57.6 Å². The van der Waals surface area contributed by atoms with E-state index in [0.717, 1.165) is 36.7 Å². The molecule has 1 aromatic carbocycles. The summed E-state index contributed by atoms with van der Waals surface area (Å²) in [5.41, 5.74) is 0.627. The molecule has 2 N–H and O–H groups in total. The van der Waals surface area contributed by atoms with Gasteiger partial charge in [0.25, 0.3) is 0 Å². The number of benzene rings is 1. The van der Waals surface area contributed by atoms with Crippen LogP contribution < -0.4 is 10.6 Å². The summed E-state index contributed by atoms with van der Waals surface area (Å²) in [7, 11) is 4.05. The number of nitrogens with one attached hydrogen (secondary N) is 2. The summed E-state index contributed by atoms with van der Waals surface area (Å²) in [6, 6.07) is 11.0. The van der Waals surface area contributed by atoms with E-state index in [2.05, 4.69) is 15.5 Å². The first kappa shape index (κ1) is 19.4. The summed E-state index contributed by atoms with van der Waals surface area (Å²) in [6.45, 7) is 4.05. The van der Waals surface area contributed by atoms with Crippen LogP contribution in [0.1, 0.15) is 37.1 Å². The summed E-state index contributed by atoms with van der Waals surface area (Å²) in [4.78, 5) is 6.86.